The maximum Gasteiger partial charge on any atom is 0.150 e. The van der Waals surface area contributed by atoms with Gasteiger partial charge in [0, 0.05) is 11.7 Å². The average Bonchev–Trinajstić information content (AvgIpc) is 2.17. The number of halogens is 2. The first-order valence-corrected chi connectivity index (χ1v) is 9.36. The lowest BCUT2D eigenvalue weighted by atomic mass is 10.5. The number of rotatable bonds is 4. The van der Waals surface area contributed by atoms with Crippen molar-refractivity contribution < 1.29 is 4.74 Å². The van der Waals surface area contributed by atoms with E-state index in [-0.39, 0.29) is 0 Å². The lowest BCUT2D eigenvalue weighted by molar-refractivity contribution is 0.373. The highest BCUT2D eigenvalue weighted by Gasteiger charge is 2.20. The molecule has 0 fully saturated rings. The molecule has 0 unspecified atom stereocenters. The Labute approximate surface area is 104 Å². The summed E-state index contributed by atoms with van der Waals surface area (Å²) in [5, 5.41) is 0. The molecule has 1 aromatic rings. The molecule has 78 valence electrons. The first kappa shape index (κ1) is 12.3. The minimum atomic E-state index is -1.37. The fraction of sp³-hybridized carbons (Fsp3) is 0.444. The SMILES string of the molecule is C[Si](C)(CCl)COc1cnccc1I. The molecule has 1 aromatic heterocycles. The maximum absolute atomic E-state index is 5.86. The van der Waals surface area contributed by atoms with Gasteiger partial charge < -0.3 is 4.74 Å². The van der Waals surface area contributed by atoms with Crippen LogP contribution in [0.2, 0.25) is 13.1 Å². The predicted molar refractivity (Wildman–Crippen MR) is 70.7 cm³/mol. The first-order chi connectivity index (χ1) is 6.55. The summed E-state index contributed by atoms with van der Waals surface area (Å²) >= 11 is 8.10. The van der Waals surface area contributed by atoms with E-state index < -0.39 is 8.07 Å². The molecule has 0 aliphatic carbocycles. The molecule has 14 heavy (non-hydrogen) atoms. The topological polar surface area (TPSA) is 22.1 Å². The van der Waals surface area contributed by atoms with Crippen LogP contribution in [0.15, 0.2) is 18.5 Å². The Hall–Kier alpha value is 0.187. The quantitative estimate of drug-likeness (QED) is 0.477. The van der Waals surface area contributed by atoms with Crippen LogP contribution in [0.5, 0.6) is 5.75 Å². The molecule has 0 aromatic carbocycles. The largest absolute Gasteiger partial charge is 0.494 e. The number of pyridine rings is 1. The van der Waals surface area contributed by atoms with Gasteiger partial charge in [-0.15, -0.1) is 11.6 Å². The van der Waals surface area contributed by atoms with E-state index in [4.69, 9.17) is 16.3 Å². The zero-order valence-electron chi connectivity index (χ0n) is 8.26. The van der Waals surface area contributed by atoms with Crippen molar-refractivity contribution in [1.29, 1.82) is 0 Å². The van der Waals surface area contributed by atoms with E-state index in [1.807, 2.05) is 6.07 Å². The van der Waals surface area contributed by atoms with E-state index in [1.54, 1.807) is 12.4 Å². The molecule has 5 heteroatoms. The summed E-state index contributed by atoms with van der Waals surface area (Å²) in [6.07, 6.45) is 4.26. The molecule has 0 radical (unpaired) electrons. The molecule has 0 atom stereocenters. The molecule has 0 spiro atoms. The van der Waals surface area contributed by atoms with Crippen LogP contribution >= 0.6 is 34.2 Å². The van der Waals surface area contributed by atoms with Gasteiger partial charge >= 0.3 is 0 Å². The smallest absolute Gasteiger partial charge is 0.150 e. The Balaban J connectivity index is 2.58. The molecule has 0 aliphatic rings. The number of aromatic nitrogens is 1. The van der Waals surface area contributed by atoms with Crippen molar-refractivity contribution in [3.8, 4) is 5.75 Å². The van der Waals surface area contributed by atoms with E-state index in [9.17, 15) is 0 Å². The summed E-state index contributed by atoms with van der Waals surface area (Å²) in [6, 6.07) is 1.94. The number of hydrogen-bond acceptors (Lipinski definition) is 2. The second kappa shape index (κ2) is 5.32. The third-order valence-electron chi connectivity index (χ3n) is 1.71. The minimum absolute atomic E-state index is 0.726. The van der Waals surface area contributed by atoms with Gasteiger partial charge in [-0.25, -0.2) is 0 Å². The van der Waals surface area contributed by atoms with Crippen LogP contribution in [0.3, 0.4) is 0 Å². The molecular weight excluding hydrogens is 329 g/mol. The summed E-state index contributed by atoms with van der Waals surface area (Å²) in [7, 11) is -1.37. The van der Waals surface area contributed by atoms with Crippen molar-refractivity contribution in [3.05, 3.63) is 22.0 Å². The van der Waals surface area contributed by atoms with E-state index in [1.165, 1.54) is 0 Å². The van der Waals surface area contributed by atoms with E-state index >= 15 is 0 Å². The zero-order chi connectivity index (χ0) is 10.6. The van der Waals surface area contributed by atoms with Crippen LogP contribution in [-0.4, -0.2) is 24.8 Å². The second-order valence-electron chi connectivity index (χ2n) is 3.89. The number of nitrogens with zero attached hydrogens (tertiary/aromatic N) is 1. The van der Waals surface area contributed by atoms with Crippen LogP contribution in [0.1, 0.15) is 0 Å². The van der Waals surface area contributed by atoms with Crippen molar-refractivity contribution in [2.75, 3.05) is 11.7 Å². The van der Waals surface area contributed by atoms with Crippen LogP contribution < -0.4 is 4.74 Å². The van der Waals surface area contributed by atoms with Gasteiger partial charge in [0.15, 0.2) is 0 Å². The minimum Gasteiger partial charge on any atom is -0.494 e. The van der Waals surface area contributed by atoms with Gasteiger partial charge in [-0.05, 0) is 28.7 Å². The average molecular weight is 342 g/mol. The Morgan fingerprint density at radius 1 is 1.57 bits per heavy atom. The molecule has 0 bridgehead atoms. The molecule has 0 aliphatic heterocycles. The van der Waals surface area contributed by atoms with Gasteiger partial charge in [0.05, 0.1) is 16.0 Å². The van der Waals surface area contributed by atoms with E-state index in [0.29, 0.717) is 0 Å². The molecule has 0 amide bonds. The van der Waals surface area contributed by atoms with Crippen molar-refractivity contribution in [2.24, 2.45) is 0 Å². The van der Waals surface area contributed by atoms with Gasteiger partial charge in [0.1, 0.15) is 13.8 Å². The van der Waals surface area contributed by atoms with Gasteiger partial charge in [0.2, 0.25) is 0 Å². The number of hydrogen-bond donors (Lipinski definition) is 0. The van der Waals surface area contributed by atoms with Crippen molar-refractivity contribution in [2.45, 2.75) is 13.1 Å². The molecule has 2 nitrogen and oxygen atoms in total. The third kappa shape index (κ3) is 3.74. The fourth-order valence-electron chi connectivity index (χ4n) is 0.781. The Morgan fingerprint density at radius 3 is 2.86 bits per heavy atom. The summed E-state index contributed by atoms with van der Waals surface area (Å²) in [4.78, 5) is 4.02. The van der Waals surface area contributed by atoms with Crippen LogP contribution in [0.25, 0.3) is 0 Å². The highest BCUT2D eigenvalue weighted by atomic mass is 127. The predicted octanol–water partition coefficient (Wildman–Crippen LogP) is 3.09. The van der Waals surface area contributed by atoms with Gasteiger partial charge in [-0.1, -0.05) is 13.1 Å². The third-order valence-corrected chi connectivity index (χ3v) is 6.43. The summed E-state index contributed by atoms with van der Waals surface area (Å²) in [6.45, 7) is 4.42. The monoisotopic (exact) mass is 341 g/mol. The van der Waals surface area contributed by atoms with Crippen molar-refractivity contribution >= 4 is 42.3 Å². The summed E-state index contributed by atoms with van der Waals surface area (Å²) < 4.78 is 6.79. The second-order valence-corrected chi connectivity index (χ2v) is 10.7. The van der Waals surface area contributed by atoms with Crippen LogP contribution in [0.4, 0.5) is 0 Å². The highest BCUT2D eigenvalue weighted by Crippen LogP contribution is 2.19. The standard InChI is InChI=1S/C9H13ClINOSi/c1-14(2,6-10)7-13-9-5-12-4-3-8(9)11/h3-5H,6-7H2,1-2H3. The fourth-order valence-corrected chi connectivity index (χ4v) is 2.09. The highest BCUT2D eigenvalue weighted by molar-refractivity contribution is 14.1. The maximum atomic E-state index is 5.86. The van der Waals surface area contributed by atoms with E-state index in [0.717, 1.165) is 21.1 Å². The van der Waals surface area contributed by atoms with E-state index in [2.05, 4.69) is 40.7 Å². The van der Waals surface area contributed by atoms with Gasteiger partial charge in [-0.2, -0.15) is 0 Å². The molecule has 0 saturated carbocycles. The zero-order valence-corrected chi connectivity index (χ0v) is 12.2. The summed E-state index contributed by atoms with van der Waals surface area (Å²) in [5.41, 5.74) is 0.726. The van der Waals surface area contributed by atoms with Crippen LogP contribution in [0, 0.1) is 3.57 Å². The van der Waals surface area contributed by atoms with Gasteiger partial charge in [-0.3, -0.25) is 4.98 Å². The normalized spacial score (nSPS) is 11.4. The van der Waals surface area contributed by atoms with Gasteiger partial charge in [0.25, 0.3) is 0 Å². The summed E-state index contributed by atoms with van der Waals surface area (Å²) in [5.74, 6) is 0.860. The van der Waals surface area contributed by atoms with Crippen LogP contribution in [-0.2, 0) is 0 Å². The number of alkyl halides is 1. The number of ether oxygens (including phenoxy) is 1. The molecule has 0 saturated heterocycles. The lowest BCUT2D eigenvalue weighted by Gasteiger charge is -2.19. The first-order valence-electron chi connectivity index (χ1n) is 4.33. The Morgan fingerprint density at radius 2 is 2.29 bits per heavy atom. The molecule has 1 heterocycles. The lowest BCUT2D eigenvalue weighted by Crippen LogP contribution is -2.37. The molecule has 1 rings (SSSR count). The van der Waals surface area contributed by atoms with Crippen molar-refractivity contribution in [1.82, 2.24) is 4.98 Å². The van der Waals surface area contributed by atoms with Crippen molar-refractivity contribution in [3.63, 3.8) is 0 Å². The molecular formula is C9H13ClINOSi. The Bertz CT molecular complexity index is 309. The Kier molecular flexibility index (Phi) is 4.66. The molecule has 0 N–H and O–H groups in total.